The van der Waals surface area contributed by atoms with E-state index in [0.29, 0.717) is 0 Å². The van der Waals surface area contributed by atoms with E-state index < -0.39 is 0 Å². The third-order valence-electron chi connectivity index (χ3n) is 4.42. The van der Waals surface area contributed by atoms with Gasteiger partial charge in [0.1, 0.15) is 0 Å². The van der Waals surface area contributed by atoms with Crippen molar-refractivity contribution in [3.05, 3.63) is 22.3 Å². The van der Waals surface area contributed by atoms with Crippen LogP contribution in [-0.2, 0) is 0 Å². The molecule has 0 aromatic carbocycles. The zero-order chi connectivity index (χ0) is 13.4. The van der Waals surface area contributed by atoms with Crippen molar-refractivity contribution in [1.82, 2.24) is 0 Å². The van der Waals surface area contributed by atoms with Crippen molar-refractivity contribution in [2.24, 2.45) is 0 Å². The van der Waals surface area contributed by atoms with Gasteiger partial charge in [0.25, 0.3) is 0 Å². The zero-order valence-electron chi connectivity index (χ0n) is 13.1. The lowest BCUT2D eigenvalue weighted by Gasteiger charge is -2.21. The summed E-state index contributed by atoms with van der Waals surface area (Å²) in [4.78, 5) is 0. The molecule has 0 aromatic heterocycles. The Morgan fingerprint density at radius 3 is 1.89 bits per heavy atom. The summed E-state index contributed by atoms with van der Waals surface area (Å²) in [5.74, 6) is 0. The van der Waals surface area contributed by atoms with Gasteiger partial charge in [-0.3, -0.25) is 0 Å². The first kappa shape index (κ1) is 15.5. The Morgan fingerprint density at radius 2 is 1.22 bits per heavy atom. The van der Waals surface area contributed by atoms with Crippen LogP contribution in [0.15, 0.2) is 22.3 Å². The van der Waals surface area contributed by atoms with Gasteiger partial charge in [0.2, 0.25) is 0 Å². The summed E-state index contributed by atoms with van der Waals surface area (Å²) in [7, 11) is 0. The van der Waals surface area contributed by atoms with Gasteiger partial charge in [0.15, 0.2) is 0 Å². The van der Waals surface area contributed by atoms with Gasteiger partial charge < -0.3 is 0 Å². The van der Waals surface area contributed by atoms with Crippen molar-refractivity contribution in [1.29, 1.82) is 0 Å². The smallest absolute Gasteiger partial charge is 0.0106 e. The molecule has 0 saturated carbocycles. The summed E-state index contributed by atoms with van der Waals surface area (Å²) < 4.78 is 0. The van der Waals surface area contributed by atoms with Gasteiger partial charge in [-0.15, -0.1) is 0 Å². The Labute approximate surface area is 115 Å². The summed E-state index contributed by atoms with van der Waals surface area (Å²) in [5.41, 5.74) is 6.63. The van der Waals surface area contributed by atoms with Crippen molar-refractivity contribution < 1.29 is 0 Å². The second-order valence-corrected chi connectivity index (χ2v) is 6.17. The lowest BCUT2D eigenvalue weighted by Crippen LogP contribution is -2.01. The molecule has 0 heteroatoms. The van der Waals surface area contributed by atoms with E-state index in [0.717, 1.165) is 0 Å². The van der Waals surface area contributed by atoms with Gasteiger partial charge in [-0.05, 0) is 46.5 Å². The standard InChI is InChI=1S/C18H32/c1-5-6-7-8-9-10-11-12-18-14-16(3)15(2)13-17(18)4/h5-14H2,1-4H3. The second-order valence-electron chi connectivity index (χ2n) is 6.17. The number of hydrogen-bond donors (Lipinski definition) is 0. The molecule has 0 bridgehead atoms. The van der Waals surface area contributed by atoms with E-state index in [1.54, 1.807) is 22.3 Å². The fourth-order valence-electron chi connectivity index (χ4n) is 2.89. The molecule has 0 atom stereocenters. The molecule has 18 heavy (non-hydrogen) atoms. The molecule has 0 radical (unpaired) electrons. The van der Waals surface area contributed by atoms with Crippen LogP contribution in [0, 0.1) is 0 Å². The highest BCUT2D eigenvalue weighted by atomic mass is 14.2. The first-order valence-corrected chi connectivity index (χ1v) is 7.97. The molecule has 1 aliphatic rings. The average molecular weight is 248 g/mol. The van der Waals surface area contributed by atoms with Gasteiger partial charge in [0.05, 0.1) is 0 Å². The van der Waals surface area contributed by atoms with Crippen molar-refractivity contribution >= 4 is 0 Å². The van der Waals surface area contributed by atoms with Crippen molar-refractivity contribution in [2.45, 2.75) is 91.9 Å². The molecule has 0 fully saturated rings. The third kappa shape index (κ3) is 5.42. The minimum Gasteiger partial charge on any atom is -0.0700 e. The van der Waals surface area contributed by atoms with Crippen molar-refractivity contribution in [3.8, 4) is 0 Å². The van der Waals surface area contributed by atoms with Gasteiger partial charge >= 0.3 is 0 Å². The number of rotatable bonds is 8. The number of allylic oxidation sites excluding steroid dienone is 4. The van der Waals surface area contributed by atoms with E-state index in [1.165, 1.54) is 64.2 Å². The summed E-state index contributed by atoms with van der Waals surface area (Å²) in [5, 5.41) is 0. The average Bonchev–Trinajstić information content (AvgIpc) is 2.34. The lowest BCUT2D eigenvalue weighted by molar-refractivity contribution is 0.585. The van der Waals surface area contributed by atoms with E-state index >= 15 is 0 Å². The van der Waals surface area contributed by atoms with Crippen LogP contribution >= 0.6 is 0 Å². The molecule has 0 N–H and O–H groups in total. The van der Waals surface area contributed by atoms with Crippen molar-refractivity contribution in [2.75, 3.05) is 0 Å². The maximum Gasteiger partial charge on any atom is -0.0106 e. The normalized spacial score (nSPS) is 16.7. The molecule has 0 amide bonds. The molecular weight excluding hydrogens is 216 g/mol. The summed E-state index contributed by atoms with van der Waals surface area (Å²) in [6.45, 7) is 9.23. The number of unbranched alkanes of at least 4 members (excludes halogenated alkanes) is 6. The van der Waals surface area contributed by atoms with Crippen LogP contribution in [0.5, 0.6) is 0 Å². The monoisotopic (exact) mass is 248 g/mol. The molecule has 0 aliphatic heterocycles. The maximum atomic E-state index is 2.34. The molecule has 1 aliphatic carbocycles. The minimum absolute atomic E-state index is 1.23. The van der Waals surface area contributed by atoms with Gasteiger partial charge in [-0.2, -0.15) is 0 Å². The van der Waals surface area contributed by atoms with E-state index in [4.69, 9.17) is 0 Å². The second kappa shape index (κ2) is 8.56. The van der Waals surface area contributed by atoms with Crippen LogP contribution in [0.1, 0.15) is 91.9 Å². The molecule has 0 unspecified atom stereocenters. The predicted octanol–water partition coefficient (Wildman–Crippen LogP) is 6.57. The molecular formula is C18H32. The van der Waals surface area contributed by atoms with Crippen LogP contribution in [-0.4, -0.2) is 0 Å². The Bertz CT molecular complexity index is 304. The van der Waals surface area contributed by atoms with Crippen LogP contribution in [0.3, 0.4) is 0 Å². The SMILES string of the molecule is CCCCCCCCCC1=C(C)CC(C)=C(C)C1. The summed E-state index contributed by atoms with van der Waals surface area (Å²) >= 11 is 0. The van der Waals surface area contributed by atoms with E-state index in [-0.39, 0.29) is 0 Å². The summed E-state index contributed by atoms with van der Waals surface area (Å²) in [6.07, 6.45) is 13.8. The fourth-order valence-corrected chi connectivity index (χ4v) is 2.89. The van der Waals surface area contributed by atoms with Crippen LogP contribution in [0.25, 0.3) is 0 Å². The first-order valence-electron chi connectivity index (χ1n) is 7.97. The molecule has 104 valence electrons. The predicted molar refractivity (Wildman–Crippen MR) is 82.9 cm³/mol. The van der Waals surface area contributed by atoms with Crippen LogP contribution < -0.4 is 0 Å². The van der Waals surface area contributed by atoms with E-state index in [1.807, 2.05) is 0 Å². The molecule has 0 nitrogen and oxygen atoms in total. The Balaban J connectivity index is 2.14. The Kier molecular flexibility index (Phi) is 7.39. The van der Waals surface area contributed by atoms with E-state index in [9.17, 15) is 0 Å². The quantitative estimate of drug-likeness (QED) is 0.336. The maximum absolute atomic E-state index is 2.34. The molecule has 0 saturated heterocycles. The molecule has 1 rings (SSSR count). The minimum atomic E-state index is 1.23. The zero-order valence-corrected chi connectivity index (χ0v) is 13.1. The van der Waals surface area contributed by atoms with Crippen molar-refractivity contribution in [3.63, 3.8) is 0 Å². The Hall–Kier alpha value is -0.520. The van der Waals surface area contributed by atoms with Gasteiger partial charge in [-0.25, -0.2) is 0 Å². The Morgan fingerprint density at radius 1 is 0.667 bits per heavy atom. The molecule has 0 aromatic rings. The van der Waals surface area contributed by atoms with Crippen LogP contribution in [0.4, 0.5) is 0 Å². The summed E-state index contributed by atoms with van der Waals surface area (Å²) in [6, 6.07) is 0. The highest BCUT2D eigenvalue weighted by Crippen LogP contribution is 2.32. The largest absolute Gasteiger partial charge is 0.0700 e. The highest BCUT2D eigenvalue weighted by Gasteiger charge is 2.12. The lowest BCUT2D eigenvalue weighted by atomic mass is 9.86. The first-order chi connectivity index (χ1) is 8.65. The van der Waals surface area contributed by atoms with E-state index in [2.05, 4.69) is 27.7 Å². The van der Waals surface area contributed by atoms with Gasteiger partial charge in [-0.1, -0.05) is 67.7 Å². The van der Waals surface area contributed by atoms with Crippen LogP contribution in [0.2, 0.25) is 0 Å². The van der Waals surface area contributed by atoms with Gasteiger partial charge in [0, 0.05) is 0 Å². The topological polar surface area (TPSA) is 0 Å². The third-order valence-corrected chi connectivity index (χ3v) is 4.42. The molecule has 0 spiro atoms. The molecule has 0 heterocycles. The highest BCUT2D eigenvalue weighted by molar-refractivity contribution is 5.31. The number of hydrogen-bond acceptors (Lipinski definition) is 0. The fraction of sp³-hybridized carbons (Fsp3) is 0.778.